The van der Waals surface area contributed by atoms with Crippen LogP contribution in [-0.2, 0) is 29.2 Å². The van der Waals surface area contributed by atoms with Gasteiger partial charge < -0.3 is 10.6 Å². The topological polar surface area (TPSA) is 107 Å². The lowest BCUT2D eigenvalue weighted by Gasteiger charge is -2.33. The molecule has 0 bridgehead atoms. The van der Waals surface area contributed by atoms with E-state index in [0.717, 1.165) is 46.7 Å². The number of hydrogen-bond acceptors (Lipinski definition) is 6. The Labute approximate surface area is 248 Å². The zero-order valence-electron chi connectivity index (χ0n) is 24.1. The normalized spacial score (nSPS) is 18.1. The molecule has 1 fully saturated rings. The zero-order chi connectivity index (χ0) is 30.9. The van der Waals surface area contributed by atoms with Crippen LogP contribution in [0, 0.1) is 0 Å². The molecule has 1 saturated heterocycles. The summed E-state index contributed by atoms with van der Waals surface area (Å²) in [5, 5.41) is 5.16. The summed E-state index contributed by atoms with van der Waals surface area (Å²) in [7, 11) is -3.34. The summed E-state index contributed by atoms with van der Waals surface area (Å²) in [6.45, 7) is 5.14. The van der Waals surface area contributed by atoms with E-state index in [1.54, 1.807) is 23.2 Å². The minimum atomic E-state index is -4.64. The minimum Gasteiger partial charge on any atom is -0.308 e. The first-order chi connectivity index (χ1) is 20.3. The Bertz CT molecular complexity index is 1650. The molecule has 2 aromatic carbocycles. The Hall–Kier alpha value is -3.81. The molecule has 3 heterocycles. The van der Waals surface area contributed by atoms with E-state index in [2.05, 4.69) is 22.5 Å². The van der Waals surface area contributed by atoms with E-state index in [0.29, 0.717) is 18.8 Å². The molecule has 0 radical (unpaired) electrons. The number of nitrogens with zero attached hydrogens (tertiary/aromatic N) is 4. The first-order valence-corrected chi connectivity index (χ1v) is 15.7. The van der Waals surface area contributed by atoms with Gasteiger partial charge in [0.15, 0.2) is 0 Å². The number of carbonyl (C=O) groups is 1. The van der Waals surface area contributed by atoms with Crippen LogP contribution in [0.2, 0.25) is 0 Å². The molecule has 0 spiro atoms. The van der Waals surface area contributed by atoms with E-state index in [1.165, 1.54) is 16.4 Å². The molecule has 0 aliphatic carbocycles. The van der Waals surface area contributed by atoms with Crippen molar-refractivity contribution in [2.24, 2.45) is 4.99 Å². The van der Waals surface area contributed by atoms with E-state index >= 15 is 0 Å². The Morgan fingerprint density at radius 1 is 1.00 bits per heavy atom. The van der Waals surface area contributed by atoms with E-state index in [1.807, 2.05) is 25.3 Å². The third-order valence-corrected chi connectivity index (χ3v) is 8.94. The van der Waals surface area contributed by atoms with Crippen molar-refractivity contribution in [3.05, 3.63) is 77.1 Å². The molecule has 0 saturated carbocycles. The lowest BCUT2D eigenvalue weighted by Crippen LogP contribution is -2.47. The molecule has 5 rings (SSSR count). The summed E-state index contributed by atoms with van der Waals surface area (Å²) in [6, 6.07) is 10.4. The van der Waals surface area contributed by atoms with Crippen molar-refractivity contribution in [2.45, 2.75) is 39.0 Å². The smallest absolute Gasteiger partial charge is 0.308 e. The second-order valence-corrected chi connectivity index (χ2v) is 12.9. The molecule has 2 aliphatic rings. The summed E-state index contributed by atoms with van der Waals surface area (Å²) in [4.78, 5) is 23.6. The van der Waals surface area contributed by atoms with Crippen LogP contribution in [0.4, 0.5) is 29.3 Å². The number of alkyl halides is 3. The van der Waals surface area contributed by atoms with E-state index in [4.69, 9.17) is 4.99 Å². The van der Waals surface area contributed by atoms with Gasteiger partial charge in [-0.25, -0.2) is 13.2 Å². The number of anilines is 2. The summed E-state index contributed by atoms with van der Waals surface area (Å²) >= 11 is 0. The van der Waals surface area contributed by atoms with E-state index in [-0.39, 0.29) is 36.9 Å². The maximum absolute atomic E-state index is 14.0. The summed E-state index contributed by atoms with van der Waals surface area (Å²) in [5.41, 5.74) is 4.66. The van der Waals surface area contributed by atoms with Gasteiger partial charge >= 0.3 is 12.2 Å². The van der Waals surface area contributed by atoms with Crippen LogP contribution in [0.15, 0.2) is 59.9 Å². The molecule has 3 aromatic rings. The summed E-state index contributed by atoms with van der Waals surface area (Å²) < 4.78 is 66.7. The average Bonchev–Trinajstić information content (AvgIpc) is 2.93. The largest absolute Gasteiger partial charge is 0.416 e. The maximum Gasteiger partial charge on any atom is 0.416 e. The monoisotopic (exact) mass is 614 g/mol. The molecule has 2 aliphatic heterocycles. The Balaban J connectivity index is 1.25. The number of rotatable bonds is 6. The SMILES string of the molecule is CC1=NC(C)Cc2cncc(-c3ccc(NC(=O)Nc4ccc(CN5CCN(S(C)(=O)=O)CC5)c(C(F)(F)F)c4)cc3)c21. The number of hydrogen-bond donors (Lipinski definition) is 2. The fraction of sp³-hybridized carbons (Fsp3) is 0.367. The van der Waals surface area contributed by atoms with E-state index < -0.39 is 27.8 Å². The van der Waals surface area contributed by atoms with Crippen LogP contribution in [-0.4, -0.2) is 72.8 Å². The van der Waals surface area contributed by atoms with Crippen molar-refractivity contribution in [3.63, 3.8) is 0 Å². The fourth-order valence-corrected chi connectivity index (χ4v) is 6.43. The van der Waals surface area contributed by atoms with Crippen molar-refractivity contribution >= 4 is 33.1 Å². The zero-order valence-corrected chi connectivity index (χ0v) is 24.9. The Morgan fingerprint density at radius 3 is 2.30 bits per heavy atom. The van der Waals surface area contributed by atoms with Crippen LogP contribution in [0.25, 0.3) is 11.1 Å². The van der Waals surface area contributed by atoms with Crippen LogP contribution >= 0.6 is 0 Å². The number of aromatic nitrogens is 1. The van der Waals surface area contributed by atoms with Crippen LogP contribution < -0.4 is 10.6 Å². The molecule has 1 atom stereocenters. The molecule has 1 unspecified atom stereocenters. The second kappa shape index (κ2) is 12.1. The minimum absolute atomic E-state index is 0.00179. The molecular formula is C30H33F3N6O3S. The molecule has 43 heavy (non-hydrogen) atoms. The number of sulfonamides is 1. The number of pyridine rings is 1. The number of amides is 2. The first-order valence-electron chi connectivity index (χ1n) is 13.9. The predicted molar refractivity (Wildman–Crippen MR) is 161 cm³/mol. The van der Waals surface area contributed by atoms with Crippen molar-refractivity contribution in [2.75, 3.05) is 43.1 Å². The van der Waals surface area contributed by atoms with Gasteiger partial charge in [-0.2, -0.15) is 17.5 Å². The van der Waals surface area contributed by atoms with Crippen LogP contribution in [0.3, 0.4) is 0 Å². The Kier molecular flexibility index (Phi) is 8.59. The second-order valence-electron chi connectivity index (χ2n) is 11.0. The van der Waals surface area contributed by atoms with Gasteiger partial charge in [0.2, 0.25) is 10.0 Å². The Morgan fingerprint density at radius 2 is 1.65 bits per heavy atom. The summed E-state index contributed by atoms with van der Waals surface area (Å²) in [5.74, 6) is 0. The van der Waals surface area contributed by atoms with Gasteiger partial charge in [0, 0.05) is 73.3 Å². The van der Waals surface area contributed by atoms with Gasteiger partial charge in [0.25, 0.3) is 0 Å². The molecule has 2 N–H and O–H groups in total. The highest BCUT2D eigenvalue weighted by Crippen LogP contribution is 2.35. The van der Waals surface area contributed by atoms with Gasteiger partial charge in [0.05, 0.1) is 17.9 Å². The van der Waals surface area contributed by atoms with Crippen molar-refractivity contribution < 1.29 is 26.4 Å². The molecular weight excluding hydrogens is 581 g/mol. The van der Waals surface area contributed by atoms with Gasteiger partial charge in [-0.05, 0) is 61.2 Å². The number of halogens is 3. The molecule has 13 heteroatoms. The average molecular weight is 615 g/mol. The third-order valence-electron chi connectivity index (χ3n) is 7.64. The third kappa shape index (κ3) is 7.23. The van der Waals surface area contributed by atoms with Gasteiger partial charge in [0.1, 0.15) is 0 Å². The van der Waals surface area contributed by atoms with Crippen molar-refractivity contribution in [3.8, 4) is 11.1 Å². The number of urea groups is 1. The lowest BCUT2D eigenvalue weighted by atomic mass is 9.90. The maximum atomic E-state index is 14.0. The van der Waals surface area contributed by atoms with Gasteiger partial charge in [-0.3, -0.25) is 14.9 Å². The van der Waals surface area contributed by atoms with Crippen molar-refractivity contribution in [1.82, 2.24) is 14.2 Å². The lowest BCUT2D eigenvalue weighted by molar-refractivity contribution is -0.138. The fourth-order valence-electron chi connectivity index (χ4n) is 5.61. The highest BCUT2D eigenvalue weighted by atomic mass is 32.2. The van der Waals surface area contributed by atoms with E-state index in [9.17, 15) is 26.4 Å². The van der Waals surface area contributed by atoms with Gasteiger partial charge in [-0.1, -0.05) is 18.2 Å². The molecule has 1 aromatic heterocycles. The van der Waals surface area contributed by atoms with Gasteiger partial charge in [-0.15, -0.1) is 0 Å². The molecule has 2 amide bonds. The molecule has 9 nitrogen and oxygen atoms in total. The number of benzene rings is 2. The summed E-state index contributed by atoms with van der Waals surface area (Å²) in [6.07, 6.45) is 0.951. The first kappa shape index (κ1) is 30.6. The quantitative estimate of drug-likeness (QED) is 0.395. The van der Waals surface area contributed by atoms with Crippen LogP contribution in [0.1, 0.15) is 36.1 Å². The standard InChI is InChI=1S/C30H33F3N6O3S/c1-19-14-23-16-34-17-26(28(23)20(2)35-19)21-4-7-24(8-5-21)36-29(40)37-25-9-6-22(27(15-25)30(31,32)33)18-38-10-12-39(13-11-38)43(3,41)42/h4-9,15-17,19H,10-14,18H2,1-3H3,(H2,36,37,40). The highest BCUT2D eigenvalue weighted by molar-refractivity contribution is 7.88. The highest BCUT2D eigenvalue weighted by Gasteiger charge is 2.34. The molecule has 228 valence electrons. The van der Waals surface area contributed by atoms with Crippen molar-refractivity contribution in [1.29, 1.82) is 0 Å². The predicted octanol–water partition coefficient (Wildman–Crippen LogP) is 5.24. The number of nitrogens with one attached hydrogen (secondary N) is 2. The number of carbonyl (C=O) groups excluding carboxylic acids is 1. The van der Waals surface area contributed by atoms with Crippen LogP contribution in [0.5, 0.6) is 0 Å². The number of fused-ring (bicyclic) bond motifs is 1. The number of aliphatic imine (C=N–C) groups is 1. The number of piperazine rings is 1.